The number of hydrogen-bond acceptors (Lipinski definition) is 5. The molecule has 0 aromatic rings. The quantitative estimate of drug-likeness (QED) is 0.306. The van der Waals surface area contributed by atoms with E-state index in [0.717, 1.165) is 19.3 Å². The molecular weight excluding hydrogens is 209 g/mol. The van der Waals surface area contributed by atoms with Gasteiger partial charge in [0.15, 0.2) is 0 Å². The molecule has 0 saturated heterocycles. The summed E-state index contributed by atoms with van der Waals surface area (Å²) in [5, 5.41) is 18.4. The van der Waals surface area contributed by atoms with Crippen molar-refractivity contribution in [2.24, 2.45) is 0 Å². The van der Waals surface area contributed by atoms with Crippen LogP contribution >= 0.6 is 0 Å². The van der Waals surface area contributed by atoms with Crippen molar-refractivity contribution in [2.75, 3.05) is 33.0 Å². The molecule has 15 heavy (non-hydrogen) atoms. The fourth-order valence-electron chi connectivity index (χ4n) is 0.943. The van der Waals surface area contributed by atoms with E-state index in [4.69, 9.17) is 19.9 Å². The van der Waals surface area contributed by atoms with Gasteiger partial charge in [-0.3, -0.25) is 9.68 Å². The molecule has 0 saturated carbocycles. The molecule has 88 valence electrons. The third-order valence-electron chi connectivity index (χ3n) is 1.60. The minimum absolute atomic E-state index is 0. The Morgan fingerprint density at radius 3 is 1.93 bits per heavy atom. The summed E-state index contributed by atoms with van der Waals surface area (Å²) in [6.45, 7) is 3.15. The van der Waals surface area contributed by atoms with Crippen LogP contribution in [0.1, 0.15) is 26.2 Å². The van der Waals surface area contributed by atoms with Crippen LogP contribution in [0.3, 0.4) is 0 Å². The summed E-state index contributed by atoms with van der Waals surface area (Å²) >= 11 is 0. The van der Waals surface area contributed by atoms with E-state index in [9.17, 15) is 0 Å². The van der Waals surface area contributed by atoms with Crippen molar-refractivity contribution >= 4 is 29.6 Å². The van der Waals surface area contributed by atoms with Gasteiger partial charge in [-0.15, -0.1) is 0 Å². The van der Waals surface area contributed by atoms with Gasteiger partial charge in [0.25, 0.3) is 0 Å². The normalized spacial score (nSPS) is 10.4. The van der Waals surface area contributed by atoms with Gasteiger partial charge in [0.1, 0.15) is 0 Å². The first kappa shape index (κ1) is 18.2. The molecule has 5 nitrogen and oxygen atoms in total. The van der Waals surface area contributed by atoms with Gasteiger partial charge in [0, 0.05) is 0 Å². The van der Waals surface area contributed by atoms with Gasteiger partial charge in [0.05, 0.1) is 33.0 Å². The Bertz CT molecular complexity index is 110. The number of hydrogen-bond donors (Lipinski definition) is 2. The Kier molecular flexibility index (Phi) is 17.9. The monoisotopic (exact) mass is 231 g/mol. The number of nitrogens with zero attached hydrogens (tertiary/aromatic N) is 1. The second-order valence-corrected chi connectivity index (χ2v) is 2.88. The van der Waals surface area contributed by atoms with Gasteiger partial charge >= 0.3 is 29.6 Å². The molecule has 0 heterocycles. The summed E-state index contributed by atoms with van der Waals surface area (Å²) in [7, 11) is 0. The van der Waals surface area contributed by atoms with E-state index in [1.807, 2.05) is 0 Å². The Hall–Kier alpha value is 0.800. The summed E-state index contributed by atoms with van der Waals surface area (Å²) < 4.78 is 0. The molecule has 0 fully saturated rings. The standard InChI is InChI=1S/C9H21NO4.Na.H/c1-2-3-4-5-10(13-8-6-11)14-9-7-12;;/h11-12H,2-9H2,1H3;;. The molecule has 0 amide bonds. The van der Waals surface area contributed by atoms with E-state index >= 15 is 0 Å². The van der Waals surface area contributed by atoms with Crippen molar-refractivity contribution in [3.05, 3.63) is 0 Å². The second-order valence-electron chi connectivity index (χ2n) is 2.88. The Labute approximate surface area is 114 Å². The Morgan fingerprint density at radius 2 is 1.53 bits per heavy atom. The van der Waals surface area contributed by atoms with Gasteiger partial charge in [-0.05, 0) is 6.42 Å². The van der Waals surface area contributed by atoms with E-state index < -0.39 is 0 Å². The molecule has 0 aromatic heterocycles. The van der Waals surface area contributed by atoms with Crippen molar-refractivity contribution in [1.82, 2.24) is 5.23 Å². The van der Waals surface area contributed by atoms with E-state index in [1.165, 1.54) is 5.23 Å². The average molecular weight is 231 g/mol. The van der Waals surface area contributed by atoms with Gasteiger partial charge in [-0.25, -0.2) is 0 Å². The minimum atomic E-state index is -0.0350. The van der Waals surface area contributed by atoms with E-state index in [1.54, 1.807) is 0 Å². The second kappa shape index (κ2) is 14.8. The van der Waals surface area contributed by atoms with Crippen LogP contribution in [0.15, 0.2) is 0 Å². The molecule has 0 aliphatic rings. The van der Waals surface area contributed by atoms with Gasteiger partial charge in [0.2, 0.25) is 0 Å². The fourth-order valence-corrected chi connectivity index (χ4v) is 0.943. The number of unbranched alkanes of at least 4 members (excludes halogenated alkanes) is 2. The fraction of sp³-hybridized carbons (Fsp3) is 1.00. The molecule has 0 atom stereocenters. The van der Waals surface area contributed by atoms with E-state index in [-0.39, 0.29) is 56.0 Å². The number of aliphatic hydroxyl groups is 2. The zero-order valence-electron chi connectivity index (χ0n) is 8.81. The first-order valence-electron chi connectivity index (χ1n) is 5.10. The molecule has 0 spiro atoms. The summed E-state index contributed by atoms with van der Waals surface area (Å²) in [5.74, 6) is 0. The van der Waals surface area contributed by atoms with Crippen LogP contribution in [0.25, 0.3) is 0 Å². The molecule has 0 aliphatic heterocycles. The summed E-state index contributed by atoms with van der Waals surface area (Å²) in [5.41, 5.74) is 0. The predicted molar refractivity (Wildman–Crippen MR) is 59.5 cm³/mol. The SMILES string of the molecule is CCCCCN(OCCO)OCCO.[NaH]. The third-order valence-corrected chi connectivity index (χ3v) is 1.60. The van der Waals surface area contributed by atoms with Crippen LogP contribution in [-0.4, -0.2) is 78.0 Å². The van der Waals surface area contributed by atoms with E-state index in [0.29, 0.717) is 6.54 Å². The molecule has 0 rings (SSSR count). The van der Waals surface area contributed by atoms with Crippen molar-refractivity contribution < 1.29 is 19.9 Å². The molecule has 0 radical (unpaired) electrons. The molecule has 0 aliphatic carbocycles. The molecule has 0 unspecified atom stereocenters. The van der Waals surface area contributed by atoms with Gasteiger partial charge in [-0.1, -0.05) is 25.0 Å². The van der Waals surface area contributed by atoms with Crippen molar-refractivity contribution in [3.8, 4) is 0 Å². The van der Waals surface area contributed by atoms with Crippen LogP contribution in [0, 0.1) is 0 Å². The van der Waals surface area contributed by atoms with Crippen LogP contribution < -0.4 is 0 Å². The van der Waals surface area contributed by atoms with E-state index in [2.05, 4.69) is 6.92 Å². The van der Waals surface area contributed by atoms with Crippen molar-refractivity contribution in [1.29, 1.82) is 0 Å². The summed E-state index contributed by atoms with van der Waals surface area (Å²) in [6.07, 6.45) is 3.22. The van der Waals surface area contributed by atoms with Crippen molar-refractivity contribution in [2.45, 2.75) is 26.2 Å². The predicted octanol–water partition coefficient (Wildman–Crippen LogP) is -0.322. The maximum atomic E-state index is 8.56. The van der Waals surface area contributed by atoms with Gasteiger partial charge < -0.3 is 10.2 Å². The summed E-state index contributed by atoms with van der Waals surface area (Å²) in [6, 6.07) is 0. The maximum absolute atomic E-state index is 8.56. The van der Waals surface area contributed by atoms with Gasteiger partial charge in [-0.2, -0.15) is 0 Å². The van der Waals surface area contributed by atoms with Crippen LogP contribution in [0.5, 0.6) is 0 Å². The van der Waals surface area contributed by atoms with Crippen molar-refractivity contribution in [3.63, 3.8) is 0 Å². The summed E-state index contributed by atoms with van der Waals surface area (Å²) in [4.78, 5) is 10.2. The molecule has 0 aromatic carbocycles. The Balaban J connectivity index is 0. The zero-order chi connectivity index (χ0) is 10.6. The third kappa shape index (κ3) is 12.7. The van der Waals surface area contributed by atoms with Crippen LogP contribution in [0.4, 0.5) is 0 Å². The van der Waals surface area contributed by atoms with Crippen LogP contribution in [0.2, 0.25) is 0 Å². The zero-order valence-corrected chi connectivity index (χ0v) is 8.81. The number of aliphatic hydroxyl groups excluding tert-OH is 2. The average Bonchev–Trinajstić information content (AvgIpc) is 2.21. The first-order valence-corrected chi connectivity index (χ1v) is 5.10. The number of hydroxylamine groups is 2. The number of rotatable bonds is 10. The molecule has 6 heteroatoms. The Morgan fingerprint density at radius 1 is 1.00 bits per heavy atom. The molecule has 2 N–H and O–H groups in total. The molecular formula is C9H22NNaO4. The molecule has 0 bridgehead atoms. The van der Waals surface area contributed by atoms with Crippen LogP contribution in [-0.2, 0) is 9.68 Å². The topological polar surface area (TPSA) is 62.2 Å². The first-order chi connectivity index (χ1) is 6.85.